The summed E-state index contributed by atoms with van der Waals surface area (Å²) in [5.41, 5.74) is 2.80. The number of rotatable bonds is 1. The van der Waals surface area contributed by atoms with E-state index < -0.39 is 0 Å². The van der Waals surface area contributed by atoms with Crippen LogP contribution in [0.1, 0.15) is 5.56 Å². The second kappa shape index (κ2) is 4.83. The van der Waals surface area contributed by atoms with Crippen molar-refractivity contribution in [2.45, 2.75) is 0 Å². The van der Waals surface area contributed by atoms with Gasteiger partial charge < -0.3 is 0 Å². The Balaban J connectivity index is 2.24. The maximum atomic E-state index is 8.84. The molecule has 2 aromatic carbocycles. The minimum absolute atomic E-state index is 0.665. The van der Waals surface area contributed by atoms with E-state index in [1.54, 1.807) is 0 Å². The van der Waals surface area contributed by atoms with Gasteiger partial charge in [-0.15, -0.1) is 0 Å². The molecule has 2 nitrogen and oxygen atoms in total. The van der Waals surface area contributed by atoms with Crippen molar-refractivity contribution in [3.05, 3.63) is 64.9 Å². The Morgan fingerprint density at radius 3 is 2.53 bits per heavy atom. The van der Waals surface area contributed by atoms with E-state index in [0.717, 1.165) is 26.4 Å². The summed E-state index contributed by atoms with van der Waals surface area (Å²) >= 11 is 3.50. The molecule has 90 valence electrons. The zero-order chi connectivity index (χ0) is 13.2. The maximum Gasteiger partial charge on any atom is 0.0991 e. The van der Waals surface area contributed by atoms with Gasteiger partial charge in [0.05, 0.1) is 11.6 Å². The highest BCUT2D eigenvalue weighted by atomic mass is 79.9. The normalized spacial score (nSPS) is 10.3. The molecule has 3 rings (SSSR count). The van der Waals surface area contributed by atoms with Gasteiger partial charge in [0, 0.05) is 27.8 Å². The number of nitriles is 1. The predicted molar refractivity (Wildman–Crippen MR) is 79.6 cm³/mol. The first-order valence-corrected chi connectivity index (χ1v) is 6.61. The molecule has 19 heavy (non-hydrogen) atoms. The molecule has 0 fully saturated rings. The predicted octanol–water partition coefficient (Wildman–Crippen LogP) is 4.54. The highest BCUT2D eigenvalue weighted by Crippen LogP contribution is 2.29. The average Bonchev–Trinajstić information content (AvgIpc) is 2.47. The van der Waals surface area contributed by atoms with Crippen LogP contribution in [0.5, 0.6) is 0 Å². The summed E-state index contributed by atoms with van der Waals surface area (Å²) in [4.78, 5) is 4.28. The van der Waals surface area contributed by atoms with Crippen LogP contribution in [0.2, 0.25) is 0 Å². The van der Waals surface area contributed by atoms with E-state index in [1.807, 2.05) is 48.8 Å². The van der Waals surface area contributed by atoms with E-state index in [1.165, 1.54) is 0 Å². The molecule has 0 spiro atoms. The monoisotopic (exact) mass is 308 g/mol. The fourth-order valence-electron chi connectivity index (χ4n) is 2.09. The third kappa shape index (κ3) is 2.23. The van der Waals surface area contributed by atoms with Gasteiger partial charge in [-0.2, -0.15) is 5.26 Å². The highest BCUT2D eigenvalue weighted by molar-refractivity contribution is 9.10. The quantitative estimate of drug-likeness (QED) is 0.662. The van der Waals surface area contributed by atoms with E-state index in [2.05, 4.69) is 33.0 Å². The summed E-state index contributed by atoms with van der Waals surface area (Å²) in [6.45, 7) is 0. The van der Waals surface area contributed by atoms with Crippen LogP contribution in [0.3, 0.4) is 0 Å². The number of pyridine rings is 1. The molecule has 1 heterocycles. The van der Waals surface area contributed by atoms with Crippen LogP contribution in [0.4, 0.5) is 0 Å². The SMILES string of the molecule is N#Cc1ccc(-c2cncc3ccc(Br)cc23)cc1. The second-order valence-corrected chi connectivity index (χ2v) is 5.16. The minimum atomic E-state index is 0.665. The molecule has 0 atom stereocenters. The first-order chi connectivity index (χ1) is 9.28. The highest BCUT2D eigenvalue weighted by Gasteiger charge is 2.05. The molecular formula is C16H9BrN2. The molecule has 0 aliphatic heterocycles. The number of halogens is 1. The van der Waals surface area contributed by atoms with E-state index in [4.69, 9.17) is 5.26 Å². The van der Waals surface area contributed by atoms with Crippen LogP contribution in [-0.4, -0.2) is 4.98 Å². The molecule has 0 unspecified atom stereocenters. The smallest absolute Gasteiger partial charge is 0.0991 e. The fraction of sp³-hybridized carbons (Fsp3) is 0. The number of benzene rings is 2. The van der Waals surface area contributed by atoms with Crippen molar-refractivity contribution in [1.82, 2.24) is 4.98 Å². The summed E-state index contributed by atoms with van der Waals surface area (Å²) in [6, 6.07) is 15.8. The number of fused-ring (bicyclic) bond motifs is 1. The Bertz CT molecular complexity index is 786. The Morgan fingerprint density at radius 2 is 1.79 bits per heavy atom. The van der Waals surface area contributed by atoms with Gasteiger partial charge in [-0.1, -0.05) is 34.1 Å². The lowest BCUT2D eigenvalue weighted by atomic mass is 10.0. The second-order valence-electron chi connectivity index (χ2n) is 4.24. The van der Waals surface area contributed by atoms with Crippen molar-refractivity contribution in [2.24, 2.45) is 0 Å². The number of hydrogen-bond acceptors (Lipinski definition) is 2. The van der Waals surface area contributed by atoms with Crippen molar-refractivity contribution in [3.8, 4) is 17.2 Å². The number of aromatic nitrogens is 1. The minimum Gasteiger partial charge on any atom is -0.263 e. The Hall–Kier alpha value is -2.18. The van der Waals surface area contributed by atoms with Gasteiger partial charge in [-0.05, 0) is 35.2 Å². The molecular weight excluding hydrogens is 300 g/mol. The molecule has 0 radical (unpaired) electrons. The average molecular weight is 309 g/mol. The lowest BCUT2D eigenvalue weighted by molar-refractivity contribution is 1.36. The van der Waals surface area contributed by atoms with Crippen molar-refractivity contribution >= 4 is 26.7 Å². The molecule has 1 aromatic heterocycles. The van der Waals surface area contributed by atoms with Crippen LogP contribution in [0.25, 0.3) is 21.9 Å². The standard InChI is InChI=1S/C16H9BrN2/c17-14-6-5-13-9-19-10-16(15(13)7-14)12-3-1-11(8-18)2-4-12/h1-7,9-10H. The molecule has 0 saturated heterocycles. The Kier molecular flexibility index (Phi) is 3.02. The first-order valence-electron chi connectivity index (χ1n) is 5.82. The molecule has 0 N–H and O–H groups in total. The summed E-state index contributed by atoms with van der Waals surface area (Å²) in [6.07, 6.45) is 3.71. The summed E-state index contributed by atoms with van der Waals surface area (Å²) in [5, 5.41) is 11.1. The molecule has 0 saturated carbocycles. The number of nitrogens with zero attached hydrogens (tertiary/aromatic N) is 2. The Labute approximate surface area is 119 Å². The van der Waals surface area contributed by atoms with E-state index in [-0.39, 0.29) is 0 Å². The van der Waals surface area contributed by atoms with E-state index >= 15 is 0 Å². The third-order valence-electron chi connectivity index (χ3n) is 3.05. The molecule has 0 amide bonds. The number of hydrogen-bond donors (Lipinski definition) is 0. The van der Waals surface area contributed by atoms with Crippen molar-refractivity contribution < 1.29 is 0 Å². The molecule has 3 heteroatoms. The van der Waals surface area contributed by atoms with Crippen LogP contribution >= 0.6 is 15.9 Å². The van der Waals surface area contributed by atoms with Crippen LogP contribution in [0.15, 0.2) is 59.3 Å². The van der Waals surface area contributed by atoms with Crippen molar-refractivity contribution in [2.75, 3.05) is 0 Å². The molecule has 3 aromatic rings. The fourth-order valence-corrected chi connectivity index (χ4v) is 2.45. The molecule has 0 aliphatic carbocycles. The van der Waals surface area contributed by atoms with Gasteiger partial charge in [-0.3, -0.25) is 4.98 Å². The van der Waals surface area contributed by atoms with Crippen molar-refractivity contribution in [3.63, 3.8) is 0 Å². The van der Waals surface area contributed by atoms with Gasteiger partial charge >= 0.3 is 0 Å². The van der Waals surface area contributed by atoms with Gasteiger partial charge in [0.1, 0.15) is 0 Å². The topological polar surface area (TPSA) is 36.7 Å². The van der Waals surface area contributed by atoms with E-state index in [0.29, 0.717) is 5.56 Å². The first kappa shape index (κ1) is 11.9. The van der Waals surface area contributed by atoms with Crippen LogP contribution in [-0.2, 0) is 0 Å². The zero-order valence-corrected chi connectivity index (χ0v) is 11.6. The van der Waals surface area contributed by atoms with Crippen LogP contribution in [0, 0.1) is 11.3 Å². The zero-order valence-electron chi connectivity index (χ0n) is 9.97. The lowest BCUT2D eigenvalue weighted by Gasteiger charge is -2.06. The van der Waals surface area contributed by atoms with Crippen LogP contribution < -0.4 is 0 Å². The summed E-state index contributed by atoms with van der Waals surface area (Å²) in [5.74, 6) is 0. The van der Waals surface area contributed by atoms with Gasteiger partial charge in [-0.25, -0.2) is 0 Å². The summed E-state index contributed by atoms with van der Waals surface area (Å²) < 4.78 is 1.04. The molecule has 0 bridgehead atoms. The van der Waals surface area contributed by atoms with Gasteiger partial charge in [0.25, 0.3) is 0 Å². The third-order valence-corrected chi connectivity index (χ3v) is 3.54. The van der Waals surface area contributed by atoms with E-state index in [9.17, 15) is 0 Å². The van der Waals surface area contributed by atoms with Crippen molar-refractivity contribution in [1.29, 1.82) is 5.26 Å². The Morgan fingerprint density at radius 1 is 1.00 bits per heavy atom. The maximum absolute atomic E-state index is 8.84. The lowest BCUT2D eigenvalue weighted by Crippen LogP contribution is -1.84. The van der Waals surface area contributed by atoms with Gasteiger partial charge in [0.15, 0.2) is 0 Å². The van der Waals surface area contributed by atoms with Gasteiger partial charge in [0.2, 0.25) is 0 Å². The summed E-state index contributed by atoms with van der Waals surface area (Å²) in [7, 11) is 0. The largest absolute Gasteiger partial charge is 0.263 e. The molecule has 0 aliphatic rings.